The van der Waals surface area contributed by atoms with Gasteiger partial charge in [0, 0.05) is 18.7 Å². The van der Waals surface area contributed by atoms with Crippen LogP contribution < -0.4 is 16.1 Å². The van der Waals surface area contributed by atoms with Crippen molar-refractivity contribution in [2.75, 3.05) is 6.61 Å². The maximum absolute atomic E-state index is 12.3. The van der Waals surface area contributed by atoms with Gasteiger partial charge in [-0.25, -0.2) is 9.59 Å². The number of ether oxygens (including phenoxy) is 2. The average molecular weight is 394 g/mol. The van der Waals surface area contributed by atoms with Gasteiger partial charge >= 0.3 is 19.9 Å². The number of benzene rings is 1. The number of hydrogen-bond acceptors (Lipinski definition) is 8. The number of carbonyl (C=O) groups is 1. The molecule has 1 aromatic carbocycles. The molecule has 0 amide bonds. The first-order chi connectivity index (χ1) is 12.9. The minimum absolute atomic E-state index is 0.0776. The Balaban J connectivity index is 1.78. The van der Waals surface area contributed by atoms with Crippen LogP contribution in [0.1, 0.15) is 23.0 Å². The first-order valence-corrected chi connectivity index (χ1v) is 9.04. The molecule has 142 valence electrons. The maximum Gasteiger partial charge on any atom is 0.488 e. The van der Waals surface area contributed by atoms with Gasteiger partial charge in [0.1, 0.15) is 25.0 Å². The van der Waals surface area contributed by atoms with Crippen molar-refractivity contribution in [2.45, 2.75) is 24.9 Å². The van der Waals surface area contributed by atoms with Gasteiger partial charge < -0.3 is 14.4 Å². The summed E-state index contributed by atoms with van der Waals surface area (Å²) < 4.78 is 27.5. The van der Waals surface area contributed by atoms with E-state index in [2.05, 4.69) is 9.51 Å². The Morgan fingerprint density at radius 2 is 2.04 bits per heavy atom. The summed E-state index contributed by atoms with van der Waals surface area (Å²) in [5.74, 6) is -0.616. The maximum atomic E-state index is 12.3. The lowest BCUT2D eigenvalue weighted by molar-refractivity contribution is -0.189. The fourth-order valence-corrected chi connectivity index (χ4v) is 2.98. The van der Waals surface area contributed by atoms with Gasteiger partial charge in [-0.3, -0.25) is 14.3 Å². The van der Waals surface area contributed by atoms with Crippen molar-refractivity contribution < 1.29 is 28.3 Å². The fraction of sp³-hybridized carbons (Fsp3) is 0.312. The molecular weight excluding hydrogens is 379 g/mol. The van der Waals surface area contributed by atoms with Gasteiger partial charge in [0.15, 0.2) is 0 Å². The van der Waals surface area contributed by atoms with Crippen molar-refractivity contribution in [3.8, 4) is 0 Å². The van der Waals surface area contributed by atoms with Crippen molar-refractivity contribution in [2.24, 2.45) is 0 Å². The predicted molar refractivity (Wildman–Crippen MR) is 89.1 cm³/mol. The third-order valence-corrected chi connectivity index (χ3v) is 4.31. The molecule has 11 heteroatoms. The quantitative estimate of drug-likeness (QED) is 0.537. The molecule has 0 radical (unpaired) electrons. The molecule has 1 aliphatic rings. The standard InChI is InChI=1S/C16H15N2O8P/c19-13-6-7-18(16(21)17-13)14-8-11(12(25-14)9-24-27(22)23)26-15(20)10-4-2-1-3-5-10/h1-7,11-12,14H,8-9H2,(H,17,19,21)/t11-,12+,14+/m0/s1. The van der Waals surface area contributed by atoms with Crippen molar-refractivity contribution >= 4 is 14.2 Å². The van der Waals surface area contributed by atoms with Gasteiger partial charge in [0.2, 0.25) is 0 Å². The highest BCUT2D eigenvalue weighted by molar-refractivity contribution is 7.30. The third kappa shape index (κ3) is 4.75. The first-order valence-electron chi connectivity index (χ1n) is 7.94. The number of esters is 1. The molecule has 27 heavy (non-hydrogen) atoms. The molecule has 4 atom stereocenters. The topological polar surface area (TPSA) is 140 Å². The van der Waals surface area contributed by atoms with Crippen molar-refractivity contribution in [3.05, 3.63) is 69.0 Å². The van der Waals surface area contributed by atoms with Crippen LogP contribution in [0, 0.1) is 0 Å². The molecule has 0 spiro atoms. The number of nitrogens with one attached hydrogen (secondary N) is 1. The summed E-state index contributed by atoms with van der Waals surface area (Å²) in [6, 6.07) is 9.38. The second-order valence-corrected chi connectivity index (χ2v) is 6.42. The Hall–Kier alpha value is -2.65. The molecule has 1 aliphatic heterocycles. The molecule has 2 aromatic rings. The van der Waals surface area contributed by atoms with E-state index in [1.807, 2.05) is 0 Å². The minimum Gasteiger partial charge on any atom is -0.566 e. The van der Waals surface area contributed by atoms with E-state index < -0.39 is 43.9 Å². The van der Waals surface area contributed by atoms with Crippen LogP contribution >= 0.6 is 8.25 Å². The van der Waals surface area contributed by atoms with E-state index in [1.54, 1.807) is 30.3 Å². The lowest BCUT2D eigenvalue weighted by Gasteiger charge is -2.16. The lowest BCUT2D eigenvalue weighted by Crippen LogP contribution is -2.32. The number of rotatable bonds is 6. The van der Waals surface area contributed by atoms with E-state index in [9.17, 15) is 23.8 Å². The number of H-pyrrole nitrogens is 1. The lowest BCUT2D eigenvalue weighted by atomic mass is 10.1. The number of aromatic nitrogens is 2. The molecule has 2 heterocycles. The first kappa shape index (κ1) is 19.1. The smallest absolute Gasteiger partial charge is 0.488 e. The second-order valence-electron chi connectivity index (χ2n) is 5.71. The second kappa shape index (κ2) is 8.36. The van der Waals surface area contributed by atoms with Gasteiger partial charge in [-0.05, 0) is 16.7 Å². The largest absolute Gasteiger partial charge is 0.566 e. The molecule has 0 bridgehead atoms. The zero-order valence-electron chi connectivity index (χ0n) is 13.8. The summed E-state index contributed by atoms with van der Waals surface area (Å²) in [5.41, 5.74) is -0.946. The van der Waals surface area contributed by atoms with Crippen LogP contribution in [-0.2, 0) is 18.6 Å². The highest BCUT2D eigenvalue weighted by Gasteiger charge is 2.40. The van der Waals surface area contributed by atoms with Crippen LogP contribution in [0.2, 0.25) is 0 Å². The number of nitrogens with zero attached hydrogens (tertiary/aromatic N) is 1. The Morgan fingerprint density at radius 1 is 1.30 bits per heavy atom. The van der Waals surface area contributed by atoms with Crippen molar-refractivity contribution in [1.82, 2.24) is 9.55 Å². The highest BCUT2D eigenvalue weighted by Crippen LogP contribution is 2.31. The summed E-state index contributed by atoms with van der Waals surface area (Å²) in [4.78, 5) is 48.2. The Morgan fingerprint density at radius 3 is 2.70 bits per heavy atom. The fourth-order valence-electron chi connectivity index (χ4n) is 2.71. The number of hydrogen-bond donors (Lipinski definition) is 1. The highest BCUT2D eigenvalue weighted by atomic mass is 31.1. The molecule has 1 saturated heterocycles. The summed E-state index contributed by atoms with van der Waals surface area (Å²) in [6.45, 7) is -0.375. The van der Waals surface area contributed by atoms with Gasteiger partial charge in [-0.15, -0.1) is 4.52 Å². The SMILES string of the molecule is O=C(O[C@H]1C[C@H](n2ccc(=O)[nH]c2=O)O[C@@H]1CO[P+](=O)[O-])c1ccccc1. The Kier molecular flexibility index (Phi) is 5.92. The van der Waals surface area contributed by atoms with Gasteiger partial charge in [0.25, 0.3) is 5.56 Å². The van der Waals surface area contributed by atoms with Crippen LogP contribution in [0.5, 0.6) is 0 Å². The van der Waals surface area contributed by atoms with E-state index in [1.165, 1.54) is 6.20 Å². The predicted octanol–water partition coefficient (Wildman–Crippen LogP) is 0.0840. The van der Waals surface area contributed by atoms with Crippen LogP contribution in [-0.4, -0.2) is 34.3 Å². The van der Waals surface area contributed by atoms with E-state index in [0.717, 1.165) is 10.6 Å². The molecule has 1 aromatic heterocycles. The zero-order valence-corrected chi connectivity index (χ0v) is 14.7. The molecule has 1 fully saturated rings. The minimum atomic E-state index is -3.12. The summed E-state index contributed by atoms with van der Waals surface area (Å²) in [7, 11) is -3.12. The Bertz CT molecular complexity index is 941. The molecule has 1 N–H and O–H groups in total. The molecule has 0 aliphatic carbocycles. The number of aromatic amines is 1. The van der Waals surface area contributed by atoms with E-state index >= 15 is 0 Å². The molecular formula is C16H15N2O8P. The zero-order chi connectivity index (χ0) is 19.4. The van der Waals surface area contributed by atoms with Gasteiger partial charge in [-0.2, -0.15) is 0 Å². The third-order valence-electron chi connectivity index (χ3n) is 3.95. The number of carbonyl (C=O) groups excluding carboxylic acids is 1. The van der Waals surface area contributed by atoms with Crippen molar-refractivity contribution in [3.63, 3.8) is 0 Å². The van der Waals surface area contributed by atoms with Crippen LogP contribution in [0.3, 0.4) is 0 Å². The normalized spacial score (nSPS) is 22.4. The summed E-state index contributed by atoms with van der Waals surface area (Å²) in [6.07, 6.45) is -1.29. The van der Waals surface area contributed by atoms with E-state index in [0.29, 0.717) is 5.56 Å². The summed E-state index contributed by atoms with van der Waals surface area (Å²) in [5, 5.41) is 0. The van der Waals surface area contributed by atoms with E-state index in [4.69, 9.17) is 9.47 Å². The summed E-state index contributed by atoms with van der Waals surface area (Å²) >= 11 is 0. The van der Waals surface area contributed by atoms with Gasteiger partial charge in [0.05, 0.1) is 5.56 Å². The monoisotopic (exact) mass is 394 g/mol. The van der Waals surface area contributed by atoms with Crippen molar-refractivity contribution in [1.29, 1.82) is 0 Å². The molecule has 10 nitrogen and oxygen atoms in total. The van der Waals surface area contributed by atoms with E-state index in [-0.39, 0.29) is 13.0 Å². The van der Waals surface area contributed by atoms with Crippen LogP contribution in [0.15, 0.2) is 52.2 Å². The van der Waals surface area contributed by atoms with Gasteiger partial charge in [-0.1, -0.05) is 18.2 Å². The molecule has 3 rings (SSSR count). The Labute approximate surface area is 153 Å². The average Bonchev–Trinajstić information content (AvgIpc) is 3.03. The molecule has 0 saturated carbocycles. The van der Waals surface area contributed by atoms with Crippen LogP contribution in [0.25, 0.3) is 0 Å². The molecule has 1 unspecified atom stereocenters. The van der Waals surface area contributed by atoms with Crippen LogP contribution in [0.4, 0.5) is 0 Å².